The molecule has 2 atom stereocenters. The van der Waals surface area contributed by atoms with Crippen LogP contribution in [0.15, 0.2) is 0 Å². The summed E-state index contributed by atoms with van der Waals surface area (Å²) in [6, 6.07) is 0.490. The third-order valence-corrected chi connectivity index (χ3v) is 5.21. The lowest BCUT2D eigenvalue weighted by molar-refractivity contribution is 0.342. The Morgan fingerprint density at radius 2 is 1.82 bits per heavy atom. The first kappa shape index (κ1) is 16.9. The number of nitrogens with one attached hydrogen (secondary N) is 1. The molecule has 0 spiro atoms. The van der Waals surface area contributed by atoms with Crippen molar-refractivity contribution in [2.24, 2.45) is 5.92 Å². The number of sulfone groups is 1. The van der Waals surface area contributed by atoms with Crippen LogP contribution < -0.4 is 5.32 Å². The van der Waals surface area contributed by atoms with E-state index < -0.39 is 9.84 Å². The van der Waals surface area contributed by atoms with Gasteiger partial charge in [0.05, 0.1) is 5.75 Å². The molecule has 0 saturated heterocycles. The van der Waals surface area contributed by atoms with Crippen molar-refractivity contribution >= 4 is 9.84 Å². The van der Waals surface area contributed by atoms with E-state index in [-0.39, 0.29) is 5.75 Å². The van der Waals surface area contributed by atoms with E-state index in [0.717, 1.165) is 32.2 Å². The van der Waals surface area contributed by atoms with E-state index >= 15 is 0 Å². The molecule has 0 aliphatic rings. The highest BCUT2D eigenvalue weighted by atomic mass is 32.2. The van der Waals surface area contributed by atoms with E-state index in [0.29, 0.717) is 17.7 Å². The summed E-state index contributed by atoms with van der Waals surface area (Å²) in [7, 11) is -2.79. The fraction of sp³-hybridized carbons (Fsp3) is 1.00. The zero-order valence-corrected chi connectivity index (χ0v) is 12.6. The number of hydrogen-bond donors (Lipinski definition) is 1. The SMILES string of the molecule is CCCNC(C)C(CC)CCCS(=O)(=O)CC. The van der Waals surface area contributed by atoms with Gasteiger partial charge in [-0.25, -0.2) is 8.42 Å². The quantitative estimate of drug-likeness (QED) is 0.659. The Kier molecular flexibility index (Phi) is 8.88. The minimum absolute atomic E-state index is 0.271. The van der Waals surface area contributed by atoms with E-state index in [1.807, 2.05) is 0 Å². The molecule has 104 valence electrons. The zero-order chi connectivity index (χ0) is 13.3. The predicted octanol–water partition coefficient (Wildman–Crippen LogP) is 2.62. The molecule has 0 heterocycles. The normalized spacial score (nSPS) is 15.8. The van der Waals surface area contributed by atoms with Crippen molar-refractivity contribution in [2.75, 3.05) is 18.1 Å². The smallest absolute Gasteiger partial charge is 0.150 e. The lowest BCUT2D eigenvalue weighted by Gasteiger charge is -2.23. The summed E-state index contributed by atoms with van der Waals surface area (Å²) < 4.78 is 22.8. The average Bonchev–Trinajstić information content (AvgIpc) is 2.31. The summed E-state index contributed by atoms with van der Waals surface area (Å²) in [6.07, 6.45) is 4.06. The van der Waals surface area contributed by atoms with Crippen LogP contribution in [-0.2, 0) is 9.84 Å². The van der Waals surface area contributed by atoms with Crippen LogP contribution in [0.2, 0.25) is 0 Å². The van der Waals surface area contributed by atoms with Crippen LogP contribution in [0.5, 0.6) is 0 Å². The van der Waals surface area contributed by atoms with Gasteiger partial charge >= 0.3 is 0 Å². The van der Waals surface area contributed by atoms with Crippen LogP contribution in [0.4, 0.5) is 0 Å². The third kappa shape index (κ3) is 7.77. The van der Waals surface area contributed by atoms with E-state index in [9.17, 15) is 8.42 Å². The van der Waals surface area contributed by atoms with Gasteiger partial charge < -0.3 is 5.32 Å². The Morgan fingerprint density at radius 1 is 1.18 bits per heavy atom. The van der Waals surface area contributed by atoms with Gasteiger partial charge in [-0.3, -0.25) is 0 Å². The van der Waals surface area contributed by atoms with Crippen LogP contribution >= 0.6 is 0 Å². The molecule has 0 bridgehead atoms. The van der Waals surface area contributed by atoms with Gasteiger partial charge in [0.2, 0.25) is 0 Å². The monoisotopic (exact) mass is 263 g/mol. The molecule has 17 heavy (non-hydrogen) atoms. The van der Waals surface area contributed by atoms with Gasteiger partial charge in [-0.1, -0.05) is 27.2 Å². The molecular formula is C13H29NO2S. The maximum atomic E-state index is 11.4. The molecule has 0 aromatic heterocycles. The Labute approximate surface area is 107 Å². The highest BCUT2D eigenvalue weighted by Crippen LogP contribution is 2.16. The van der Waals surface area contributed by atoms with Gasteiger partial charge in [0.1, 0.15) is 9.84 Å². The lowest BCUT2D eigenvalue weighted by atomic mass is 9.93. The van der Waals surface area contributed by atoms with Crippen molar-refractivity contribution in [3.8, 4) is 0 Å². The second-order valence-corrected chi connectivity index (χ2v) is 7.26. The Hall–Kier alpha value is -0.0900. The van der Waals surface area contributed by atoms with Crippen molar-refractivity contribution in [1.29, 1.82) is 0 Å². The van der Waals surface area contributed by atoms with Crippen molar-refractivity contribution in [3.05, 3.63) is 0 Å². The van der Waals surface area contributed by atoms with Crippen molar-refractivity contribution in [2.45, 2.75) is 59.4 Å². The molecule has 0 amide bonds. The van der Waals surface area contributed by atoms with Crippen LogP contribution in [0, 0.1) is 5.92 Å². The number of rotatable bonds is 10. The Morgan fingerprint density at radius 3 is 2.29 bits per heavy atom. The summed E-state index contributed by atoms with van der Waals surface area (Å²) in [5.41, 5.74) is 0. The first-order valence-corrected chi connectivity index (χ1v) is 8.72. The van der Waals surface area contributed by atoms with Crippen LogP contribution in [0.3, 0.4) is 0 Å². The van der Waals surface area contributed by atoms with Gasteiger partial charge in [-0.05, 0) is 38.6 Å². The summed E-state index contributed by atoms with van der Waals surface area (Å²) in [5, 5.41) is 3.50. The van der Waals surface area contributed by atoms with Crippen LogP contribution in [-0.4, -0.2) is 32.5 Å². The van der Waals surface area contributed by atoms with E-state index in [1.165, 1.54) is 0 Å². The average molecular weight is 263 g/mol. The molecule has 3 nitrogen and oxygen atoms in total. The second-order valence-electron chi connectivity index (χ2n) is 4.79. The molecule has 4 heteroatoms. The maximum absolute atomic E-state index is 11.4. The van der Waals surface area contributed by atoms with Crippen LogP contribution in [0.1, 0.15) is 53.4 Å². The molecule has 1 N–H and O–H groups in total. The largest absolute Gasteiger partial charge is 0.314 e. The first-order valence-electron chi connectivity index (χ1n) is 6.90. The van der Waals surface area contributed by atoms with E-state index in [4.69, 9.17) is 0 Å². The molecule has 0 aromatic carbocycles. The fourth-order valence-electron chi connectivity index (χ4n) is 2.06. The third-order valence-electron chi connectivity index (χ3n) is 3.42. The molecule has 0 radical (unpaired) electrons. The molecule has 0 rings (SSSR count). The second kappa shape index (κ2) is 8.92. The fourth-order valence-corrected chi connectivity index (χ4v) is 2.95. The van der Waals surface area contributed by atoms with E-state index in [1.54, 1.807) is 6.92 Å². The molecule has 0 aliphatic heterocycles. The zero-order valence-electron chi connectivity index (χ0n) is 11.8. The minimum atomic E-state index is -2.79. The topological polar surface area (TPSA) is 46.2 Å². The highest BCUT2D eigenvalue weighted by molar-refractivity contribution is 7.91. The maximum Gasteiger partial charge on any atom is 0.150 e. The molecular weight excluding hydrogens is 234 g/mol. The van der Waals surface area contributed by atoms with Crippen LogP contribution in [0.25, 0.3) is 0 Å². The molecule has 2 unspecified atom stereocenters. The van der Waals surface area contributed by atoms with Gasteiger partial charge in [-0.2, -0.15) is 0 Å². The number of hydrogen-bond acceptors (Lipinski definition) is 3. The summed E-state index contributed by atoms with van der Waals surface area (Å²) in [6.45, 7) is 9.32. The van der Waals surface area contributed by atoms with Gasteiger partial charge in [0.25, 0.3) is 0 Å². The first-order chi connectivity index (χ1) is 7.96. The molecule has 0 aromatic rings. The standard InChI is InChI=1S/C13H29NO2S/c1-5-10-14-12(4)13(6-2)9-8-11-17(15,16)7-3/h12-14H,5-11H2,1-4H3. The molecule has 0 saturated carbocycles. The Bertz CT molecular complexity index is 275. The summed E-state index contributed by atoms with van der Waals surface area (Å²) in [4.78, 5) is 0. The van der Waals surface area contributed by atoms with Crippen molar-refractivity contribution in [1.82, 2.24) is 5.32 Å². The Balaban J connectivity index is 3.97. The highest BCUT2D eigenvalue weighted by Gasteiger charge is 2.16. The van der Waals surface area contributed by atoms with Gasteiger partial charge in [-0.15, -0.1) is 0 Å². The molecule has 0 fully saturated rings. The molecule has 0 aliphatic carbocycles. The summed E-state index contributed by atoms with van der Waals surface area (Å²) in [5.74, 6) is 1.21. The van der Waals surface area contributed by atoms with Gasteiger partial charge in [0, 0.05) is 11.8 Å². The lowest BCUT2D eigenvalue weighted by Crippen LogP contribution is -2.34. The van der Waals surface area contributed by atoms with E-state index in [2.05, 4.69) is 26.1 Å². The minimum Gasteiger partial charge on any atom is -0.314 e. The van der Waals surface area contributed by atoms with Crippen molar-refractivity contribution < 1.29 is 8.42 Å². The summed E-state index contributed by atoms with van der Waals surface area (Å²) >= 11 is 0. The van der Waals surface area contributed by atoms with Crippen molar-refractivity contribution in [3.63, 3.8) is 0 Å². The predicted molar refractivity (Wildman–Crippen MR) is 75.1 cm³/mol. The van der Waals surface area contributed by atoms with Gasteiger partial charge in [0.15, 0.2) is 0 Å².